The molecule has 1 aliphatic heterocycles. The molecule has 0 atom stereocenters. The van der Waals surface area contributed by atoms with E-state index in [-0.39, 0.29) is 0 Å². The average molecular weight is 448 g/mol. The number of allylic oxidation sites excluding steroid dienone is 4. The van der Waals surface area contributed by atoms with E-state index in [9.17, 15) is 0 Å². The van der Waals surface area contributed by atoms with Gasteiger partial charge in [-0.15, -0.1) is 0 Å². The summed E-state index contributed by atoms with van der Waals surface area (Å²) in [5.41, 5.74) is 14.3. The van der Waals surface area contributed by atoms with Crippen molar-refractivity contribution in [3.8, 4) is 0 Å². The number of nitrogens with two attached hydrogens (primary N) is 1. The number of aryl methyl sites for hydroxylation is 1. The molecule has 2 aromatic carbocycles. The standard InChI is InChI=1S/C14H20N2S.C14H17N/c1-2-13-10-12(3-4-14(13)15)9-11-5-7-16(17)8-6-11;1-11-8-9-13(10-14(11)15-2)12-6-4-3-5-7-12/h2-4,10-11,17H,1,5-9,15H2;4,6-10,15H,3,5H2,1-2H3. The minimum absolute atomic E-state index is 0.777. The van der Waals surface area contributed by atoms with E-state index < -0.39 is 0 Å². The Morgan fingerprint density at radius 3 is 2.59 bits per heavy atom. The lowest BCUT2D eigenvalue weighted by Crippen LogP contribution is -2.27. The third-order valence-electron chi connectivity index (χ3n) is 6.32. The first-order valence-corrected chi connectivity index (χ1v) is 12.0. The van der Waals surface area contributed by atoms with Gasteiger partial charge in [-0.2, -0.15) is 0 Å². The fourth-order valence-corrected chi connectivity index (χ4v) is 4.51. The van der Waals surface area contributed by atoms with Crippen LogP contribution in [0.1, 0.15) is 47.9 Å². The lowest BCUT2D eigenvalue weighted by atomic mass is 9.90. The summed E-state index contributed by atoms with van der Waals surface area (Å²) in [5.74, 6) is 0.777. The van der Waals surface area contributed by atoms with Crippen molar-refractivity contribution in [1.82, 2.24) is 4.31 Å². The zero-order valence-electron chi connectivity index (χ0n) is 19.5. The second kappa shape index (κ2) is 12.0. The summed E-state index contributed by atoms with van der Waals surface area (Å²) in [6.07, 6.45) is 14.5. The van der Waals surface area contributed by atoms with Crippen LogP contribution in [0, 0.1) is 12.8 Å². The molecule has 2 aliphatic rings. The van der Waals surface area contributed by atoms with Crippen LogP contribution in [-0.2, 0) is 6.42 Å². The second-order valence-corrected chi connectivity index (χ2v) is 9.25. The van der Waals surface area contributed by atoms with Crippen molar-refractivity contribution in [2.45, 2.75) is 39.0 Å². The fourth-order valence-electron chi connectivity index (χ4n) is 4.28. The number of nitrogens with one attached hydrogen (secondary N) is 1. The molecular weight excluding hydrogens is 410 g/mol. The van der Waals surface area contributed by atoms with E-state index in [1.165, 1.54) is 47.2 Å². The molecule has 3 nitrogen and oxygen atoms in total. The highest BCUT2D eigenvalue weighted by Gasteiger charge is 2.17. The Balaban J connectivity index is 0.000000182. The van der Waals surface area contributed by atoms with Gasteiger partial charge in [-0.05, 0) is 91.0 Å². The van der Waals surface area contributed by atoms with E-state index in [2.05, 4.69) is 84.5 Å². The molecule has 32 heavy (non-hydrogen) atoms. The van der Waals surface area contributed by atoms with Crippen molar-refractivity contribution in [2.75, 3.05) is 31.2 Å². The van der Waals surface area contributed by atoms with Gasteiger partial charge in [0.25, 0.3) is 0 Å². The van der Waals surface area contributed by atoms with Gasteiger partial charge < -0.3 is 11.1 Å². The Morgan fingerprint density at radius 1 is 1.16 bits per heavy atom. The molecule has 0 aromatic heterocycles. The Kier molecular flexibility index (Phi) is 9.07. The van der Waals surface area contributed by atoms with E-state index in [1.54, 1.807) is 0 Å². The van der Waals surface area contributed by atoms with Crippen molar-refractivity contribution in [1.29, 1.82) is 0 Å². The first-order chi connectivity index (χ1) is 15.5. The van der Waals surface area contributed by atoms with Crippen molar-refractivity contribution in [2.24, 2.45) is 5.92 Å². The molecule has 0 bridgehead atoms. The summed E-state index contributed by atoms with van der Waals surface area (Å²) >= 11 is 4.38. The minimum atomic E-state index is 0.777. The van der Waals surface area contributed by atoms with Gasteiger partial charge in [0, 0.05) is 31.5 Å². The lowest BCUT2D eigenvalue weighted by molar-refractivity contribution is 0.293. The third-order valence-corrected chi connectivity index (χ3v) is 6.72. The molecule has 1 heterocycles. The Hall–Kier alpha value is -2.43. The first-order valence-electron chi connectivity index (χ1n) is 11.6. The van der Waals surface area contributed by atoms with Crippen LogP contribution < -0.4 is 11.1 Å². The lowest BCUT2D eigenvalue weighted by Gasteiger charge is -2.28. The van der Waals surface area contributed by atoms with Crippen LogP contribution in [0.4, 0.5) is 11.4 Å². The topological polar surface area (TPSA) is 41.3 Å². The number of hydrogen-bond acceptors (Lipinski definition) is 4. The van der Waals surface area contributed by atoms with E-state index in [4.69, 9.17) is 5.73 Å². The molecule has 0 radical (unpaired) electrons. The number of anilines is 2. The largest absolute Gasteiger partial charge is 0.398 e. The maximum Gasteiger partial charge on any atom is 0.0387 e. The molecule has 4 rings (SSSR count). The summed E-state index contributed by atoms with van der Waals surface area (Å²) in [5, 5.41) is 3.22. The molecule has 2 aromatic rings. The van der Waals surface area contributed by atoms with Crippen LogP contribution >= 0.6 is 12.8 Å². The SMILES string of the molecule is C=Cc1cc(CC2CCN(S)CC2)ccc1N.CNc1cc(C2=CCCC=C2)ccc1C. The highest BCUT2D eigenvalue weighted by Crippen LogP contribution is 2.26. The van der Waals surface area contributed by atoms with Gasteiger partial charge in [0.05, 0.1) is 0 Å². The molecule has 1 saturated heterocycles. The van der Waals surface area contributed by atoms with E-state index in [0.717, 1.165) is 43.1 Å². The number of thiol groups is 1. The van der Waals surface area contributed by atoms with Crippen LogP contribution in [0.5, 0.6) is 0 Å². The predicted octanol–water partition coefficient (Wildman–Crippen LogP) is 6.78. The quantitative estimate of drug-likeness (QED) is 0.349. The monoisotopic (exact) mass is 447 g/mol. The van der Waals surface area contributed by atoms with Gasteiger partial charge in [-0.1, -0.05) is 61.9 Å². The first kappa shape index (κ1) is 24.2. The van der Waals surface area contributed by atoms with Crippen molar-refractivity contribution in [3.05, 3.63) is 83.5 Å². The molecular formula is C28H37N3S. The average Bonchev–Trinajstić information content (AvgIpc) is 2.83. The second-order valence-electron chi connectivity index (χ2n) is 8.69. The predicted molar refractivity (Wildman–Crippen MR) is 145 cm³/mol. The maximum absolute atomic E-state index is 5.86. The molecule has 0 spiro atoms. The van der Waals surface area contributed by atoms with Gasteiger partial charge in [0.15, 0.2) is 0 Å². The molecule has 0 amide bonds. The highest BCUT2D eigenvalue weighted by molar-refractivity contribution is 7.77. The van der Waals surface area contributed by atoms with Crippen LogP contribution in [0.2, 0.25) is 0 Å². The molecule has 0 unspecified atom stereocenters. The fraction of sp³-hybridized carbons (Fsp3) is 0.357. The Labute approximate surface area is 199 Å². The summed E-state index contributed by atoms with van der Waals surface area (Å²) in [7, 11) is 1.97. The molecule has 3 N–H and O–H groups in total. The molecule has 170 valence electrons. The van der Waals surface area contributed by atoms with Gasteiger partial charge in [-0.3, -0.25) is 4.31 Å². The summed E-state index contributed by atoms with van der Waals surface area (Å²) in [4.78, 5) is 0. The number of hydrogen-bond donors (Lipinski definition) is 3. The van der Waals surface area contributed by atoms with Crippen LogP contribution in [0.15, 0.2) is 61.2 Å². The van der Waals surface area contributed by atoms with Crippen molar-refractivity contribution >= 4 is 35.8 Å². The van der Waals surface area contributed by atoms with Gasteiger partial charge >= 0.3 is 0 Å². The molecule has 4 heteroatoms. The Morgan fingerprint density at radius 2 is 1.94 bits per heavy atom. The zero-order chi connectivity index (χ0) is 22.9. The minimum Gasteiger partial charge on any atom is -0.398 e. The number of nitrogens with zero attached hydrogens (tertiary/aromatic N) is 1. The van der Waals surface area contributed by atoms with E-state index in [1.807, 2.05) is 19.2 Å². The van der Waals surface area contributed by atoms with Gasteiger partial charge in [-0.25, -0.2) is 0 Å². The smallest absolute Gasteiger partial charge is 0.0387 e. The van der Waals surface area contributed by atoms with Crippen molar-refractivity contribution in [3.63, 3.8) is 0 Å². The Bertz CT molecular complexity index is 969. The van der Waals surface area contributed by atoms with E-state index in [0.29, 0.717) is 0 Å². The summed E-state index contributed by atoms with van der Waals surface area (Å²) < 4.78 is 2.11. The number of piperidine rings is 1. The van der Waals surface area contributed by atoms with E-state index >= 15 is 0 Å². The number of rotatable bonds is 5. The molecule has 0 saturated carbocycles. The van der Waals surface area contributed by atoms with Crippen molar-refractivity contribution < 1.29 is 0 Å². The number of benzene rings is 2. The third kappa shape index (κ3) is 6.78. The van der Waals surface area contributed by atoms with Gasteiger partial charge in [0.2, 0.25) is 0 Å². The van der Waals surface area contributed by atoms with Crippen LogP contribution in [-0.4, -0.2) is 24.4 Å². The van der Waals surface area contributed by atoms with Crippen LogP contribution in [0.25, 0.3) is 11.6 Å². The maximum atomic E-state index is 5.86. The summed E-state index contributed by atoms with van der Waals surface area (Å²) in [6.45, 7) is 8.11. The van der Waals surface area contributed by atoms with Gasteiger partial charge in [0.1, 0.15) is 0 Å². The molecule has 1 fully saturated rings. The molecule has 1 aliphatic carbocycles. The number of nitrogen functional groups attached to an aromatic ring is 1. The normalized spacial score (nSPS) is 16.7. The van der Waals surface area contributed by atoms with Crippen LogP contribution in [0.3, 0.4) is 0 Å². The summed E-state index contributed by atoms with van der Waals surface area (Å²) in [6, 6.07) is 12.9. The zero-order valence-corrected chi connectivity index (χ0v) is 20.4. The highest BCUT2D eigenvalue weighted by atomic mass is 32.1.